The Balaban J connectivity index is 0.000000295. The molecule has 2 aromatic rings. The van der Waals surface area contributed by atoms with Gasteiger partial charge < -0.3 is 15.4 Å². The average molecular weight is 315 g/mol. The summed E-state index contributed by atoms with van der Waals surface area (Å²) < 4.78 is 33.9. The van der Waals surface area contributed by atoms with E-state index in [9.17, 15) is 13.2 Å². The summed E-state index contributed by atoms with van der Waals surface area (Å²) in [4.78, 5) is 13.0. The normalized spacial score (nSPS) is 10.7. The molecule has 22 heavy (non-hydrogen) atoms. The molecule has 0 saturated heterocycles. The van der Waals surface area contributed by atoms with Crippen molar-refractivity contribution in [2.24, 2.45) is 5.73 Å². The van der Waals surface area contributed by atoms with Crippen LogP contribution in [-0.4, -0.2) is 33.3 Å². The number of aromatic nitrogens is 2. The predicted molar refractivity (Wildman–Crippen MR) is 74.2 cm³/mol. The van der Waals surface area contributed by atoms with E-state index >= 15 is 0 Å². The van der Waals surface area contributed by atoms with Crippen LogP contribution in [0.5, 0.6) is 0 Å². The van der Waals surface area contributed by atoms with Gasteiger partial charge in [0, 0.05) is 24.9 Å². The van der Waals surface area contributed by atoms with E-state index in [1.165, 1.54) is 11.3 Å². The van der Waals surface area contributed by atoms with Crippen molar-refractivity contribution in [3.63, 3.8) is 0 Å². The smallest absolute Gasteiger partial charge is 0.475 e. The molecule has 1 heterocycles. The second-order valence-electron chi connectivity index (χ2n) is 4.34. The fraction of sp³-hybridized carbons (Fsp3) is 0.286. The number of nitrogens with zero attached hydrogens (tertiary/aromatic N) is 2. The van der Waals surface area contributed by atoms with Crippen LogP contribution >= 0.6 is 0 Å². The molecule has 0 spiro atoms. The molecule has 1 aromatic heterocycles. The number of aliphatic carboxylic acids is 1. The number of hydrogen-bond acceptors (Lipinski definition) is 3. The Morgan fingerprint density at radius 2 is 1.86 bits per heavy atom. The van der Waals surface area contributed by atoms with Gasteiger partial charge in [0.05, 0.1) is 6.33 Å². The summed E-state index contributed by atoms with van der Waals surface area (Å²) in [5.74, 6) is -2.76. The molecule has 5 nitrogen and oxygen atoms in total. The standard InChI is InChI=1S/C12H15N3.C2HF3O2/c13-7-6-12-8-14-10-15(12)9-11-4-2-1-3-5-11;3-2(4,5)1(6)7/h1-5,8,10H,6-7,9,13H2;(H,6,7). The molecule has 0 unspecified atom stereocenters. The average Bonchev–Trinajstić information content (AvgIpc) is 2.87. The zero-order valence-corrected chi connectivity index (χ0v) is 11.6. The van der Waals surface area contributed by atoms with E-state index in [1.807, 2.05) is 18.6 Å². The van der Waals surface area contributed by atoms with Crippen molar-refractivity contribution in [2.45, 2.75) is 19.1 Å². The number of halogens is 3. The minimum atomic E-state index is -5.08. The first kappa shape index (κ1) is 17.7. The first-order chi connectivity index (χ1) is 10.3. The first-order valence-corrected chi connectivity index (χ1v) is 6.37. The van der Waals surface area contributed by atoms with Crippen molar-refractivity contribution < 1.29 is 23.1 Å². The summed E-state index contributed by atoms with van der Waals surface area (Å²) in [5.41, 5.74) is 8.02. The number of rotatable bonds is 4. The van der Waals surface area contributed by atoms with E-state index in [-0.39, 0.29) is 0 Å². The molecule has 2 rings (SSSR count). The monoisotopic (exact) mass is 315 g/mol. The topological polar surface area (TPSA) is 81.1 Å². The van der Waals surface area contributed by atoms with Gasteiger partial charge in [-0.1, -0.05) is 30.3 Å². The Hall–Kier alpha value is -2.35. The molecule has 3 N–H and O–H groups in total. The summed E-state index contributed by atoms with van der Waals surface area (Å²) in [7, 11) is 0. The van der Waals surface area contributed by atoms with Gasteiger partial charge in [0.15, 0.2) is 0 Å². The summed E-state index contributed by atoms with van der Waals surface area (Å²) in [6.45, 7) is 1.54. The number of carbonyl (C=O) groups is 1. The van der Waals surface area contributed by atoms with Crippen molar-refractivity contribution in [3.8, 4) is 0 Å². The van der Waals surface area contributed by atoms with Crippen LogP contribution in [0.2, 0.25) is 0 Å². The highest BCUT2D eigenvalue weighted by Gasteiger charge is 2.38. The molecule has 0 bridgehead atoms. The SMILES string of the molecule is NCCc1cncn1Cc1ccccc1.O=C(O)C(F)(F)F. The maximum Gasteiger partial charge on any atom is 0.490 e. The van der Waals surface area contributed by atoms with Crippen LogP contribution in [0.15, 0.2) is 42.9 Å². The Morgan fingerprint density at radius 3 is 2.36 bits per heavy atom. The second-order valence-corrected chi connectivity index (χ2v) is 4.34. The van der Waals surface area contributed by atoms with E-state index in [1.54, 1.807) is 0 Å². The summed E-state index contributed by atoms with van der Waals surface area (Å²) >= 11 is 0. The number of nitrogens with two attached hydrogens (primary N) is 1. The Bertz CT molecular complexity index is 583. The number of carboxylic acid groups (broad SMARTS) is 1. The molecule has 0 aliphatic carbocycles. The van der Waals surface area contributed by atoms with Crippen molar-refractivity contribution in [3.05, 3.63) is 54.1 Å². The lowest BCUT2D eigenvalue weighted by Gasteiger charge is -2.06. The number of alkyl halides is 3. The van der Waals surface area contributed by atoms with Crippen molar-refractivity contribution in [1.29, 1.82) is 0 Å². The van der Waals surface area contributed by atoms with E-state index in [2.05, 4.69) is 33.8 Å². The van der Waals surface area contributed by atoms with E-state index in [4.69, 9.17) is 15.6 Å². The van der Waals surface area contributed by atoms with Crippen molar-refractivity contribution >= 4 is 5.97 Å². The molecule has 0 fully saturated rings. The van der Waals surface area contributed by atoms with Gasteiger partial charge in [-0.05, 0) is 12.1 Å². The lowest BCUT2D eigenvalue weighted by Crippen LogP contribution is -2.21. The molecule has 0 saturated carbocycles. The zero-order chi connectivity index (χ0) is 16.6. The number of carboxylic acids is 1. The molecule has 0 aliphatic rings. The highest BCUT2D eigenvalue weighted by molar-refractivity contribution is 5.73. The Kier molecular flexibility index (Phi) is 6.58. The quantitative estimate of drug-likeness (QED) is 0.905. The van der Waals surface area contributed by atoms with Crippen LogP contribution in [0.4, 0.5) is 13.2 Å². The largest absolute Gasteiger partial charge is 0.490 e. The fourth-order valence-corrected chi connectivity index (χ4v) is 1.63. The van der Waals surface area contributed by atoms with Gasteiger partial charge in [-0.3, -0.25) is 0 Å². The highest BCUT2D eigenvalue weighted by atomic mass is 19.4. The van der Waals surface area contributed by atoms with Gasteiger partial charge in [-0.2, -0.15) is 13.2 Å². The third-order valence-electron chi connectivity index (χ3n) is 2.64. The maximum atomic E-state index is 10.6. The van der Waals surface area contributed by atoms with E-state index in [0.29, 0.717) is 6.54 Å². The van der Waals surface area contributed by atoms with Crippen LogP contribution < -0.4 is 5.73 Å². The lowest BCUT2D eigenvalue weighted by molar-refractivity contribution is -0.192. The molecule has 0 aliphatic heterocycles. The third-order valence-corrected chi connectivity index (χ3v) is 2.64. The van der Waals surface area contributed by atoms with Crippen LogP contribution in [-0.2, 0) is 17.8 Å². The van der Waals surface area contributed by atoms with Gasteiger partial charge >= 0.3 is 12.1 Å². The molecule has 0 atom stereocenters. The van der Waals surface area contributed by atoms with Gasteiger partial charge in [-0.25, -0.2) is 9.78 Å². The molecule has 120 valence electrons. The molecule has 0 radical (unpaired) electrons. The second kappa shape index (κ2) is 8.18. The van der Waals surface area contributed by atoms with Gasteiger partial charge in [0.25, 0.3) is 0 Å². The van der Waals surface area contributed by atoms with E-state index < -0.39 is 12.1 Å². The predicted octanol–water partition coefficient (Wildman–Crippen LogP) is 2.07. The van der Waals surface area contributed by atoms with E-state index in [0.717, 1.165) is 13.0 Å². The number of benzene rings is 1. The Labute approximate surface area is 125 Å². The van der Waals surface area contributed by atoms with Crippen LogP contribution in [0.25, 0.3) is 0 Å². The number of hydrogen-bond donors (Lipinski definition) is 2. The first-order valence-electron chi connectivity index (χ1n) is 6.37. The van der Waals surface area contributed by atoms with Gasteiger partial charge in [-0.15, -0.1) is 0 Å². The van der Waals surface area contributed by atoms with Crippen molar-refractivity contribution in [1.82, 2.24) is 9.55 Å². The zero-order valence-electron chi connectivity index (χ0n) is 11.6. The summed E-state index contributed by atoms with van der Waals surface area (Å²) in [6, 6.07) is 10.4. The molecule has 0 amide bonds. The molecular formula is C14H16F3N3O2. The number of imidazole rings is 1. The third kappa shape index (κ3) is 5.96. The lowest BCUT2D eigenvalue weighted by atomic mass is 10.2. The molecule has 8 heteroatoms. The molecule has 1 aromatic carbocycles. The van der Waals surface area contributed by atoms with Gasteiger partial charge in [0.2, 0.25) is 0 Å². The Morgan fingerprint density at radius 1 is 1.27 bits per heavy atom. The molecular weight excluding hydrogens is 299 g/mol. The van der Waals surface area contributed by atoms with Crippen LogP contribution in [0, 0.1) is 0 Å². The van der Waals surface area contributed by atoms with Gasteiger partial charge in [0.1, 0.15) is 0 Å². The minimum absolute atomic E-state index is 0.667. The van der Waals surface area contributed by atoms with Crippen molar-refractivity contribution in [2.75, 3.05) is 6.54 Å². The van der Waals surface area contributed by atoms with Crippen LogP contribution in [0.1, 0.15) is 11.3 Å². The summed E-state index contributed by atoms with van der Waals surface area (Å²) in [5, 5.41) is 7.12. The highest BCUT2D eigenvalue weighted by Crippen LogP contribution is 2.13. The minimum Gasteiger partial charge on any atom is -0.475 e. The summed E-state index contributed by atoms with van der Waals surface area (Å²) in [6.07, 6.45) is -0.458. The maximum absolute atomic E-state index is 10.6. The fourth-order valence-electron chi connectivity index (χ4n) is 1.63. The van der Waals surface area contributed by atoms with Crippen LogP contribution in [0.3, 0.4) is 0 Å².